The summed E-state index contributed by atoms with van der Waals surface area (Å²) in [6.07, 6.45) is 2.37. The molecule has 0 unspecified atom stereocenters. The molecule has 2 amide bonds. The Balaban J connectivity index is 1.93. The summed E-state index contributed by atoms with van der Waals surface area (Å²) >= 11 is 0. The quantitative estimate of drug-likeness (QED) is 0.859. The topological polar surface area (TPSA) is 69.6 Å². The Labute approximate surface area is 118 Å². The number of carbonyl (C=O) groups excluding carboxylic acids is 1. The van der Waals surface area contributed by atoms with Crippen molar-refractivity contribution >= 4 is 12.0 Å². The van der Waals surface area contributed by atoms with E-state index in [9.17, 15) is 9.59 Å². The third kappa shape index (κ3) is 3.50. The van der Waals surface area contributed by atoms with Crippen molar-refractivity contribution in [3.8, 4) is 0 Å². The number of nitrogens with one attached hydrogen (secondary N) is 1. The van der Waals surface area contributed by atoms with Gasteiger partial charge in [0.15, 0.2) is 0 Å². The number of aliphatic carboxylic acids is 1. The van der Waals surface area contributed by atoms with E-state index in [1.165, 1.54) is 16.0 Å². The number of amides is 2. The van der Waals surface area contributed by atoms with Crippen LogP contribution in [0.4, 0.5) is 4.79 Å². The molecule has 0 aliphatic heterocycles. The van der Waals surface area contributed by atoms with Gasteiger partial charge in [0.1, 0.15) is 6.54 Å². The maximum absolute atomic E-state index is 12.1. The van der Waals surface area contributed by atoms with Gasteiger partial charge in [0.25, 0.3) is 0 Å². The monoisotopic (exact) mass is 276 g/mol. The minimum Gasteiger partial charge on any atom is -0.480 e. The summed E-state index contributed by atoms with van der Waals surface area (Å²) in [6.45, 7) is 2.13. The van der Waals surface area contributed by atoms with Crippen LogP contribution in [0.15, 0.2) is 24.3 Å². The highest BCUT2D eigenvalue weighted by molar-refractivity contribution is 5.80. The summed E-state index contributed by atoms with van der Waals surface area (Å²) in [6, 6.07) is 7.92. The van der Waals surface area contributed by atoms with Crippen molar-refractivity contribution < 1.29 is 14.7 Å². The molecule has 0 spiro atoms. The van der Waals surface area contributed by atoms with Gasteiger partial charge in [0.05, 0.1) is 0 Å². The lowest BCUT2D eigenvalue weighted by Crippen LogP contribution is -2.47. The highest BCUT2D eigenvalue weighted by Crippen LogP contribution is 2.21. The van der Waals surface area contributed by atoms with Crippen LogP contribution in [0.2, 0.25) is 0 Å². The van der Waals surface area contributed by atoms with Gasteiger partial charge in [0, 0.05) is 12.6 Å². The third-order valence-corrected chi connectivity index (χ3v) is 3.49. The number of hydrogen-bond donors (Lipinski definition) is 2. The molecule has 1 aliphatic rings. The Hall–Kier alpha value is -2.04. The van der Waals surface area contributed by atoms with Gasteiger partial charge < -0.3 is 15.3 Å². The largest absolute Gasteiger partial charge is 0.480 e. The van der Waals surface area contributed by atoms with Gasteiger partial charge in [-0.25, -0.2) is 4.79 Å². The van der Waals surface area contributed by atoms with Gasteiger partial charge in [-0.15, -0.1) is 0 Å². The Morgan fingerprint density at radius 3 is 2.40 bits per heavy atom. The van der Waals surface area contributed by atoms with E-state index in [-0.39, 0.29) is 18.6 Å². The SMILES string of the molecule is CCCN(CC(=O)O)C(=O)NC1Cc2ccccc2C1. The summed E-state index contributed by atoms with van der Waals surface area (Å²) in [5.41, 5.74) is 2.52. The van der Waals surface area contributed by atoms with E-state index < -0.39 is 5.97 Å². The van der Waals surface area contributed by atoms with E-state index in [0.717, 1.165) is 19.3 Å². The fourth-order valence-electron chi connectivity index (χ4n) is 2.61. The summed E-state index contributed by atoms with van der Waals surface area (Å²) < 4.78 is 0. The Bertz CT molecular complexity index is 477. The molecule has 0 atom stereocenters. The Morgan fingerprint density at radius 2 is 1.90 bits per heavy atom. The van der Waals surface area contributed by atoms with Crippen molar-refractivity contribution in [3.63, 3.8) is 0 Å². The van der Waals surface area contributed by atoms with Crippen molar-refractivity contribution in [1.29, 1.82) is 0 Å². The molecule has 5 heteroatoms. The molecule has 2 rings (SSSR count). The van der Waals surface area contributed by atoms with Crippen LogP contribution in [-0.4, -0.2) is 41.1 Å². The number of nitrogens with zero attached hydrogens (tertiary/aromatic N) is 1. The van der Waals surface area contributed by atoms with E-state index in [1.807, 2.05) is 19.1 Å². The molecule has 0 bridgehead atoms. The number of carboxylic acid groups (broad SMARTS) is 1. The number of urea groups is 1. The summed E-state index contributed by atoms with van der Waals surface area (Å²) in [7, 11) is 0. The van der Waals surface area contributed by atoms with Crippen LogP contribution in [0.3, 0.4) is 0 Å². The van der Waals surface area contributed by atoms with Gasteiger partial charge in [-0.3, -0.25) is 4.79 Å². The van der Waals surface area contributed by atoms with Gasteiger partial charge in [0.2, 0.25) is 0 Å². The van der Waals surface area contributed by atoms with Crippen LogP contribution >= 0.6 is 0 Å². The molecule has 108 valence electrons. The zero-order chi connectivity index (χ0) is 14.5. The van der Waals surface area contributed by atoms with Gasteiger partial charge in [-0.05, 0) is 30.4 Å². The zero-order valence-electron chi connectivity index (χ0n) is 11.6. The minimum atomic E-state index is -0.983. The lowest BCUT2D eigenvalue weighted by Gasteiger charge is -2.23. The second kappa shape index (κ2) is 6.41. The first-order valence-corrected chi connectivity index (χ1v) is 6.94. The summed E-state index contributed by atoms with van der Waals surface area (Å²) in [5, 5.41) is 11.8. The molecule has 0 saturated heterocycles. The molecule has 0 fully saturated rings. The number of rotatable bonds is 5. The highest BCUT2D eigenvalue weighted by atomic mass is 16.4. The smallest absolute Gasteiger partial charge is 0.323 e. The average Bonchev–Trinajstić information content (AvgIpc) is 2.79. The van der Waals surface area contributed by atoms with E-state index in [0.29, 0.717) is 6.54 Å². The van der Waals surface area contributed by atoms with Gasteiger partial charge in [-0.2, -0.15) is 0 Å². The second-order valence-electron chi connectivity index (χ2n) is 5.14. The molecule has 1 aromatic rings. The zero-order valence-corrected chi connectivity index (χ0v) is 11.6. The van der Waals surface area contributed by atoms with E-state index in [1.54, 1.807) is 0 Å². The van der Waals surface area contributed by atoms with Crippen LogP contribution in [-0.2, 0) is 17.6 Å². The number of fused-ring (bicyclic) bond motifs is 1. The number of carbonyl (C=O) groups is 2. The maximum Gasteiger partial charge on any atom is 0.323 e. The van der Waals surface area contributed by atoms with Gasteiger partial charge in [-0.1, -0.05) is 31.2 Å². The predicted octanol–water partition coefficient (Wildman–Crippen LogP) is 1.66. The molecule has 5 nitrogen and oxygen atoms in total. The first kappa shape index (κ1) is 14.4. The highest BCUT2D eigenvalue weighted by Gasteiger charge is 2.24. The molecule has 20 heavy (non-hydrogen) atoms. The van der Waals surface area contributed by atoms with E-state index in [4.69, 9.17) is 5.11 Å². The fourth-order valence-corrected chi connectivity index (χ4v) is 2.61. The molecule has 1 aromatic carbocycles. The van der Waals surface area contributed by atoms with Crippen molar-refractivity contribution in [2.24, 2.45) is 0 Å². The van der Waals surface area contributed by atoms with E-state index in [2.05, 4.69) is 17.4 Å². The minimum absolute atomic E-state index is 0.0630. The Kier molecular flexibility index (Phi) is 4.61. The third-order valence-electron chi connectivity index (χ3n) is 3.49. The standard InChI is InChI=1S/C15H20N2O3/c1-2-7-17(10-14(18)19)15(20)16-13-8-11-5-3-4-6-12(11)9-13/h3-6,13H,2,7-10H2,1H3,(H,16,20)(H,18,19). The average molecular weight is 276 g/mol. The van der Waals surface area contributed by atoms with Crippen LogP contribution in [0.1, 0.15) is 24.5 Å². The lowest BCUT2D eigenvalue weighted by atomic mass is 10.1. The number of benzene rings is 1. The van der Waals surface area contributed by atoms with Crippen molar-refractivity contribution in [1.82, 2.24) is 10.2 Å². The first-order chi connectivity index (χ1) is 9.60. The molecule has 0 saturated carbocycles. The molecule has 1 aliphatic carbocycles. The molecule has 0 aromatic heterocycles. The second-order valence-corrected chi connectivity index (χ2v) is 5.14. The van der Waals surface area contributed by atoms with Gasteiger partial charge >= 0.3 is 12.0 Å². The molecule has 0 heterocycles. The summed E-state index contributed by atoms with van der Waals surface area (Å²) in [4.78, 5) is 24.3. The van der Waals surface area contributed by atoms with Crippen molar-refractivity contribution in [3.05, 3.63) is 35.4 Å². The van der Waals surface area contributed by atoms with Crippen LogP contribution < -0.4 is 5.32 Å². The predicted molar refractivity (Wildman–Crippen MR) is 75.7 cm³/mol. The maximum atomic E-state index is 12.1. The molecule has 0 radical (unpaired) electrons. The Morgan fingerprint density at radius 1 is 1.30 bits per heavy atom. The molecule has 2 N–H and O–H groups in total. The molecular weight excluding hydrogens is 256 g/mol. The lowest BCUT2D eigenvalue weighted by molar-refractivity contribution is -0.137. The van der Waals surface area contributed by atoms with Crippen molar-refractivity contribution in [2.75, 3.05) is 13.1 Å². The normalized spacial score (nSPS) is 13.8. The fraction of sp³-hybridized carbons (Fsp3) is 0.467. The number of hydrogen-bond acceptors (Lipinski definition) is 2. The van der Waals surface area contributed by atoms with Crippen molar-refractivity contribution in [2.45, 2.75) is 32.2 Å². The first-order valence-electron chi connectivity index (χ1n) is 6.94. The molecular formula is C15H20N2O3. The van der Waals surface area contributed by atoms with E-state index >= 15 is 0 Å². The van der Waals surface area contributed by atoms with Crippen LogP contribution in [0.25, 0.3) is 0 Å². The number of carboxylic acids is 1. The van der Waals surface area contributed by atoms with Crippen LogP contribution in [0.5, 0.6) is 0 Å². The van der Waals surface area contributed by atoms with Crippen LogP contribution in [0, 0.1) is 0 Å². The summed E-state index contributed by atoms with van der Waals surface area (Å²) in [5.74, 6) is -0.983.